The van der Waals surface area contributed by atoms with Gasteiger partial charge in [-0.3, -0.25) is 4.79 Å². The molecule has 1 saturated carbocycles. The summed E-state index contributed by atoms with van der Waals surface area (Å²) < 4.78 is 0. The third-order valence-electron chi connectivity index (χ3n) is 5.99. The van der Waals surface area contributed by atoms with Gasteiger partial charge in [-0.25, -0.2) is 0 Å². The maximum absolute atomic E-state index is 12.8. The lowest BCUT2D eigenvalue weighted by Gasteiger charge is -2.43. The molecule has 0 bridgehead atoms. The molecule has 2 heterocycles. The van der Waals surface area contributed by atoms with Crippen molar-refractivity contribution in [3.05, 3.63) is 0 Å². The molecule has 1 aliphatic carbocycles. The summed E-state index contributed by atoms with van der Waals surface area (Å²) in [6.07, 6.45) is 10.3. The zero-order valence-corrected chi connectivity index (χ0v) is 12.9. The molecule has 3 fully saturated rings. The van der Waals surface area contributed by atoms with Gasteiger partial charge in [-0.2, -0.15) is 0 Å². The highest BCUT2D eigenvalue weighted by Crippen LogP contribution is 2.36. The van der Waals surface area contributed by atoms with Crippen LogP contribution in [0.1, 0.15) is 58.3 Å². The Morgan fingerprint density at radius 1 is 1.15 bits per heavy atom. The van der Waals surface area contributed by atoms with Crippen molar-refractivity contribution >= 4 is 5.91 Å². The molecule has 2 aliphatic heterocycles. The van der Waals surface area contributed by atoms with Gasteiger partial charge in [-0.05, 0) is 50.0 Å². The van der Waals surface area contributed by atoms with Crippen molar-refractivity contribution in [2.45, 2.75) is 64.3 Å². The van der Waals surface area contributed by atoms with Crippen LogP contribution < -0.4 is 5.32 Å². The number of piperidine rings is 2. The smallest absolute Gasteiger partial charge is 0.239 e. The first-order valence-electron chi connectivity index (χ1n) is 8.80. The van der Waals surface area contributed by atoms with Gasteiger partial charge in [0.2, 0.25) is 5.91 Å². The van der Waals surface area contributed by atoms with E-state index >= 15 is 0 Å². The fraction of sp³-hybridized carbons (Fsp3) is 0.941. The Labute approximate surface area is 123 Å². The van der Waals surface area contributed by atoms with E-state index in [0.29, 0.717) is 5.91 Å². The highest BCUT2D eigenvalue weighted by atomic mass is 16.2. The van der Waals surface area contributed by atoms with E-state index in [0.717, 1.165) is 43.8 Å². The molecule has 20 heavy (non-hydrogen) atoms. The van der Waals surface area contributed by atoms with E-state index in [9.17, 15) is 4.79 Å². The molecular formula is C17H30N2O. The molecule has 4 unspecified atom stereocenters. The number of carbonyl (C=O) groups excluding carboxylic acids is 1. The molecule has 0 aromatic carbocycles. The average molecular weight is 278 g/mol. The van der Waals surface area contributed by atoms with Gasteiger partial charge in [0.25, 0.3) is 0 Å². The Bertz CT molecular complexity index is 344. The topological polar surface area (TPSA) is 32.3 Å². The molecule has 2 saturated heterocycles. The second-order valence-electron chi connectivity index (χ2n) is 7.18. The quantitative estimate of drug-likeness (QED) is 0.842. The summed E-state index contributed by atoms with van der Waals surface area (Å²) in [5.41, 5.74) is 0. The summed E-state index contributed by atoms with van der Waals surface area (Å²) in [6.45, 7) is 5.33. The van der Waals surface area contributed by atoms with Crippen LogP contribution in [0.5, 0.6) is 0 Å². The Morgan fingerprint density at radius 2 is 1.95 bits per heavy atom. The molecule has 4 atom stereocenters. The number of amides is 1. The Balaban J connectivity index is 1.57. The minimum atomic E-state index is 0.105. The van der Waals surface area contributed by atoms with Crippen molar-refractivity contribution in [3.63, 3.8) is 0 Å². The predicted molar refractivity (Wildman–Crippen MR) is 81.5 cm³/mol. The summed E-state index contributed by atoms with van der Waals surface area (Å²) in [5, 5.41) is 3.46. The van der Waals surface area contributed by atoms with E-state index in [4.69, 9.17) is 0 Å². The number of nitrogens with zero attached hydrogens (tertiary/aromatic N) is 1. The lowest BCUT2D eigenvalue weighted by molar-refractivity contribution is -0.137. The van der Waals surface area contributed by atoms with Gasteiger partial charge in [0.05, 0.1) is 6.04 Å². The third-order valence-corrected chi connectivity index (χ3v) is 5.99. The molecule has 0 aromatic heterocycles. The first-order chi connectivity index (χ1) is 9.78. The summed E-state index contributed by atoms with van der Waals surface area (Å²) in [7, 11) is 0. The van der Waals surface area contributed by atoms with E-state index in [1.54, 1.807) is 0 Å². The lowest BCUT2D eigenvalue weighted by Crippen LogP contribution is -2.54. The summed E-state index contributed by atoms with van der Waals surface area (Å²) in [5.74, 6) is 2.85. The van der Waals surface area contributed by atoms with E-state index in [2.05, 4.69) is 17.1 Å². The van der Waals surface area contributed by atoms with E-state index < -0.39 is 0 Å². The molecule has 0 aromatic rings. The van der Waals surface area contributed by atoms with Crippen molar-refractivity contribution < 1.29 is 4.79 Å². The molecule has 0 radical (unpaired) electrons. The van der Waals surface area contributed by atoms with Gasteiger partial charge in [0.15, 0.2) is 0 Å². The second-order valence-corrected chi connectivity index (χ2v) is 7.18. The van der Waals surface area contributed by atoms with Crippen LogP contribution in [0.4, 0.5) is 0 Å². The predicted octanol–water partition coefficient (Wildman–Crippen LogP) is 2.80. The van der Waals surface area contributed by atoms with E-state index in [1.165, 1.54) is 44.9 Å². The number of hydrogen-bond donors (Lipinski definition) is 1. The van der Waals surface area contributed by atoms with Crippen LogP contribution in [0, 0.1) is 17.8 Å². The minimum Gasteiger partial charge on any atom is -0.341 e. The monoisotopic (exact) mass is 278 g/mol. The third kappa shape index (κ3) is 3.03. The van der Waals surface area contributed by atoms with Gasteiger partial charge >= 0.3 is 0 Å². The number of carbonyl (C=O) groups is 1. The van der Waals surface area contributed by atoms with E-state index in [-0.39, 0.29) is 6.04 Å². The zero-order valence-electron chi connectivity index (χ0n) is 12.9. The highest BCUT2D eigenvalue weighted by molar-refractivity contribution is 5.82. The average Bonchev–Trinajstić information content (AvgIpc) is 2.53. The first kappa shape index (κ1) is 14.4. The maximum atomic E-state index is 12.8. The standard InChI is InChI=1S/C17H30N2O/c1-2-13-7-9-18-16(11-13)17(20)19-10-8-14-5-3-4-6-15(14)12-19/h13-16,18H,2-12H2,1H3. The molecule has 1 N–H and O–H groups in total. The molecule has 114 valence electrons. The van der Waals surface area contributed by atoms with Gasteiger partial charge < -0.3 is 10.2 Å². The van der Waals surface area contributed by atoms with Crippen LogP contribution >= 0.6 is 0 Å². The number of likely N-dealkylation sites (tertiary alicyclic amines) is 1. The second kappa shape index (κ2) is 6.46. The van der Waals surface area contributed by atoms with Gasteiger partial charge in [0, 0.05) is 13.1 Å². The zero-order chi connectivity index (χ0) is 13.9. The highest BCUT2D eigenvalue weighted by Gasteiger charge is 2.36. The Morgan fingerprint density at radius 3 is 2.75 bits per heavy atom. The van der Waals surface area contributed by atoms with Crippen LogP contribution in [0.25, 0.3) is 0 Å². The van der Waals surface area contributed by atoms with Crippen LogP contribution in [0.2, 0.25) is 0 Å². The van der Waals surface area contributed by atoms with Crippen LogP contribution in [0.3, 0.4) is 0 Å². The normalized spacial score (nSPS) is 38.4. The van der Waals surface area contributed by atoms with Gasteiger partial charge in [0.1, 0.15) is 0 Å². The molecule has 3 nitrogen and oxygen atoms in total. The molecule has 0 spiro atoms. The first-order valence-corrected chi connectivity index (χ1v) is 8.80. The number of fused-ring (bicyclic) bond motifs is 1. The molecule has 3 aliphatic rings. The molecule has 1 amide bonds. The Kier molecular flexibility index (Phi) is 4.65. The van der Waals surface area contributed by atoms with Crippen molar-refractivity contribution in [3.8, 4) is 0 Å². The van der Waals surface area contributed by atoms with Crippen molar-refractivity contribution in [2.24, 2.45) is 17.8 Å². The number of hydrogen-bond acceptors (Lipinski definition) is 2. The van der Waals surface area contributed by atoms with Crippen LogP contribution in [-0.4, -0.2) is 36.5 Å². The van der Waals surface area contributed by atoms with Crippen molar-refractivity contribution in [2.75, 3.05) is 19.6 Å². The fourth-order valence-electron chi connectivity index (χ4n) is 4.58. The van der Waals surface area contributed by atoms with Gasteiger partial charge in [-0.1, -0.05) is 32.6 Å². The molecule has 3 rings (SSSR count). The largest absolute Gasteiger partial charge is 0.341 e. The molecule has 3 heteroatoms. The lowest BCUT2D eigenvalue weighted by atomic mass is 9.75. The Hall–Kier alpha value is -0.570. The maximum Gasteiger partial charge on any atom is 0.239 e. The molecular weight excluding hydrogens is 248 g/mol. The van der Waals surface area contributed by atoms with Crippen LogP contribution in [-0.2, 0) is 4.79 Å². The number of nitrogens with one attached hydrogen (secondary N) is 1. The SMILES string of the molecule is CCC1CCNC(C(=O)N2CCC3CCCCC3C2)C1. The van der Waals surface area contributed by atoms with Crippen molar-refractivity contribution in [1.29, 1.82) is 0 Å². The van der Waals surface area contributed by atoms with Crippen molar-refractivity contribution in [1.82, 2.24) is 10.2 Å². The van der Waals surface area contributed by atoms with Gasteiger partial charge in [-0.15, -0.1) is 0 Å². The minimum absolute atomic E-state index is 0.105. The summed E-state index contributed by atoms with van der Waals surface area (Å²) >= 11 is 0. The summed E-state index contributed by atoms with van der Waals surface area (Å²) in [6, 6.07) is 0.105. The fourth-order valence-corrected chi connectivity index (χ4v) is 4.58. The van der Waals surface area contributed by atoms with Crippen LogP contribution in [0.15, 0.2) is 0 Å². The number of rotatable bonds is 2. The summed E-state index contributed by atoms with van der Waals surface area (Å²) in [4.78, 5) is 14.9. The van der Waals surface area contributed by atoms with E-state index in [1.807, 2.05) is 0 Å².